The van der Waals surface area contributed by atoms with Gasteiger partial charge in [-0.1, -0.05) is 17.7 Å². The van der Waals surface area contributed by atoms with E-state index in [4.69, 9.17) is 16.9 Å². The van der Waals surface area contributed by atoms with Crippen molar-refractivity contribution < 1.29 is 0 Å². The van der Waals surface area contributed by atoms with Gasteiger partial charge in [0.05, 0.1) is 17.4 Å². The molecule has 0 N–H and O–H groups in total. The second-order valence-electron chi connectivity index (χ2n) is 3.22. The van der Waals surface area contributed by atoms with Crippen LogP contribution in [-0.2, 0) is 0 Å². The summed E-state index contributed by atoms with van der Waals surface area (Å²) >= 11 is 6.00. The van der Waals surface area contributed by atoms with Crippen molar-refractivity contribution in [2.75, 3.05) is 0 Å². The van der Waals surface area contributed by atoms with Crippen LogP contribution in [0.4, 0.5) is 0 Å². The lowest BCUT2D eigenvalue weighted by Gasteiger charge is -2.03. The van der Waals surface area contributed by atoms with Crippen LogP contribution in [0.25, 0.3) is 5.69 Å². The lowest BCUT2D eigenvalue weighted by atomic mass is 10.2. The number of aromatic nitrogens is 2. The number of nitriles is 1. The Kier molecular flexibility index (Phi) is 2.44. The molecule has 1 heterocycles. The normalized spacial score (nSPS) is 9.93. The highest BCUT2D eigenvalue weighted by Gasteiger charge is 2.02. The molecule has 0 aliphatic rings. The first kappa shape index (κ1) is 9.75. The third-order valence-corrected chi connectivity index (χ3v) is 2.54. The first-order valence-electron chi connectivity index (χ1n) is 4.42. The summed E-state index contributed by atoms with van der Waals surface area (Å²) in [6, 6.07) is 7.69. The van der Waals surface area contributed by atoms with Gasteiger partial charge in [-0.2, -0.15) is 10.4 Å². The average Bonchev–Trinajstić information content (AvgIpc) is 2.70. The van der Waals surface area contributed by atoms with E-state index in [2.05, 4.69) is 5.10 Å². The zero-order valence-electron chi connectivity index (χ0n) is 8.11. The topological polar surface area (TPSA) is 41.6 Å². The van der Waals surface area contributed by atoms with Crippen LogP contribution < -0.4 is 0 Å². The molecule has 0 bridgehead atoms. The number of nitrogens with zero attached hydrogens (tertiary/aromatic N) is 3. The van der Waals surface area contributed by atoms with E-state index in [-0.39, 0.29) is 0 Å². The zero-order valence-corrected chi connectivity index (χ0v) is 8.86. The molecule has 15 heavy (non-hydrogen) atoms. The quantitative estimate of drug-likeness (QED) is 0.737. The van der Waals surface area contributed by atoms with Gasteiger partial charge < -0.3 is 0 Å². The Morgan fingerprint density at radius 1 is 1.47 bits per heavy atom. The summed E-state index contributed by atoms with van der Waals surface area (Å²) < 4.78 is 1.63. The van der Waals surface area contributed by atoms with Gasteiger partial charge in [0.25, 0.3) is 0 Å². The zero-order chi connectivity index (χ0) is 10.8. The van der Waals surface area contributed by atoms with E-state index in [1.54, 1.807) is 10.9 Å². The molecule has 0 unspecified atom stereocenters. The molecule has 0 spiro atoms. The van der Waals surface area contributed by atoms with Crippen molar-refractivity contribution >= 4 is 11.6 Å². The molecule has 0 amide bonds. The van der Waals surface area contributed by atoms with Gasteiger partial charge in [0.1, 0.15) is 6.07 Å². The van der Waals surface area contributed by atoms with Gasteiger partial charge in [0.15, 0.2) is 0 Å². The van der Waals surface area contributed by atoms with Crippen LogP contribution >= 0.6 is 11.6 Å². The van der Waals surface area contributed by atoms with Crippen molar-refractivity contribution in [3.05, 3.63) is 46.7 Å². The fourth-order valence-electron chi connectivity index (χ4n) is 1.25. The van der Waals surface area contributed by atoms with Gasteiger partial charge in [-0.05, 0) is 24.6 Å². The molecule has 4 heteroatoms. The molecule has 3 nitrogen and oxygen atoms in total. The number of rotatable bonds is 1. The predicted octanol–water partition coefficient (Wildman–Crippen LogP) is 2.71. The van der Waals surface area contributed by atoms with E-state index < -0.39 is 0 Å². The van der Waals surface area contributed by atoms with E-state index in [0.717, 1.165) is 11.3 Å². The Morgan fingerprint density at radius 2 is 2.27 bits per heavy atom. The molecule has 2 aromatic rings. The van der Waals surface area contributed by atoms with Gasteiger partial charge in [-0.3, -0.25) is 0 Å². The van der Waals surface area contributed by atoms with Gasteiger partial charge in [0, 0.05) is 11.2 Å². The van der Waals surface area contributed by atoms with Crippen molar-refractivity contribution in [2.45, 2.75) is 6.92 Å². The van der Waals surface area contributed by atoms with E-state index >= 15 is 0 Å². The maximum Gasteiger partial charge on any atom is 0.102 e. The van der Waals surface area contributed by atoms with E-state index in [1.165, 1.54) is 6.20 Å². The fourth-order valence-corrected chi connectivity index (χ4v) is 1.42. The van der Waals surface area contributed by atoms with Crippen LogP contribution in [-0.4, -0.2) is 9.78 Å². The Bertz CT molecular complexity index is 537. The standard InChI is InChI=1S/C11H8ClN3/c1-8-2-3-10(4-11(8)12)15-7-9(5-13)6-14-15/h2-4,6-7H,1H3. The summed E-state index contributed by atoms with van der Waals surface area (Å²) in [7, 11) is 0. The Morgan fingerprint density at radius 3 is 2.87 bits per heavy atom. The van der Waals surface area contributed by atoms with E-state index in [1.807, 2.05) is 31.2 Å². The Balaban J connectivity index is 2.46. The number of hydrogen-bond acceptors (Lipinski definition) is 2. The largest absolute Gasteiger partial charge is 0.240 e. The first-order chi connectivity index (χ1) is 7.20. The SMILES string of the molecule is Cc1ccc(-n2cc(C#N)cn2)cc1Cl. The summed E-state index contributed by atoms with van der Waals surface area (Å²) in [6.07, 6.45) is 3.19. The van der Waals surface area contributed by atoms with Crippen molar-refractivity contribution in [3.63, 3.8) is 0 Å². The number of hydrogen-bond donors (Lipinski definition) is 0. The minimum Gasteiger partial charge on any atom is -0.240 e. The van der Waals surface area contributed by atoms with E-state index in [0.29, 0.717) is 10.6 Å². The highest BCUT2D eigenvalue weighted by molar-refractivity contribution is 6.31. The molecule has 0 fully saturated rings. The highest BCUT2D eigenvalue weighted by atomic mass is 35.5. The van der Waals surface area contributed by atoms with Crippen LogP contribution in [0.5, 0.6) is 0 Å². The molecule has 0 saturated carbocycles. The summed E-state index contributed by atoms with van der Waals surface area (Å²) in [5.74, 6) is 0. The van der Waals surface area contributed by atoms with Gasteiger partial charge >= 0.3 is 0 Å². The fraction of sp³-hybridized carbons (Fsp3) is 0.0909. The first-order valence-corrected chi connectivity index (χ1v) is 4.80. The summed E-state index contributed by atoms with van der Waals surface area (Å²) in [6.45, 7) is 1.94. The minimum absolute atomic E-state index is 0.534. The molecular formula is C11H8ClN3. The molecule has 1 aromatic carbocycles. The van der Waals surface area contributed by atoms with Crippen LogP contribution in [0.2, 0.25) is 5.02 Å². The number of aryl methyl sites for hydroxylation is 1. The molecule has 0 saturated heterocycles. The molecular weight excluding hydrogens is 210 g/mol. The maximum atomic E-state index is 8.67. The van der Waals surface area contributed by atoms with Crippen molar-refractivity contribution in [2.24, 2.45) is 0 Å². The third-order valence-electron chi connectivity index (χ3n) is 2.13. The summed E-state index contributed by atoms with van der Waals surface area (Å²) in [5, 5.41) is 13.4. The van der Waals surface area contributed by atoms with E-state index in [9.17, 15) is 0 Å². The van der Waals surface area contributed by atoms with Gasteiger partial charge in [-0.15, -0.1) is 0 Å². The molecule has 0 aliphatic carbocycles. The van der Waals surface area contributed by atoms with Crippen LogP contribution in [0, 0.1) is 18.3 Å². The van der Waals surface area contributed by atoms with Crippen LogP contribution in [0.1, 0.15) is 11.1 Å². The second-order valence-corrected chi connectivity index (χ2v) is 3.63. The highest BCUT2D eigenvalue weighted by Crippen LogP contribution is 2.19. The van der Waals surface area contributed by atoms with Crippen LogP contribution in [0.3, 0.4) is 0 Å². The number of benzene rings is 1. The molecule has 1 aromatic heterocycles. The minimum atomic E-state index is 0.534. The molecule has 0 radical (unpaired) electrons. The monoisotopic (exact) mass is 217 g/mol. The van der Waals surface area contributed by atoms with Crippen LogP contribution in [0.15, 0.2) is 30.6 Å². The van der Waals surface area contributed by atoms with Crippen molar-refractivity contribution in [3.8, 4) is 11.8 Å². The Labute approximate surface area is 92.5 Å². The third kappa shape index (κ3) is 1.85. The average molecular weight is 218 g/mol. The van der Waals surface area contributed by atoms with Crippen molar-refractivity contribution in [1.82, 2.24) is 9.78 Å². The molecule has 2 rings (SSSR count). The lowest BCUT2D eigenvalue weighted by Crippen LogP contribution is -1.94. The van der Waals surface area contributed by atoms with Crippen molar-refractivity contribution in [1.29, 1.82) is 5.26 Å². The smallest absolute Gasteiger partial charge is 0.102 e. The molecule has 0 atom stereocenters. The summed E-state index contributed by atoms with van der Waals surface area (Å²) in [4.78, 5) is 0. The molecule has 74 valence electrons. The number of halogens is 1. The van der Waals surface area contributed by atoms with Gasteiger partial charge in [0.2, 0.25) is 0 Å². The predicted molar refractivity (Wildman–Crippen MR) is 58.0 cm³/mol. The van der Waals surface area contributed by atoms with Gasteiger partial charge in [-0.25, -0.2) is 4.68 Å². The molecule has 0 aliphatic heterocycles. The second kappa shape index (κ2) is 3.76. The Hall–Kier alpha value is -1.79. The summed E-state index contributed by atoms with van der Waals surface area (Å²) in [5.41, 5.74) is 2.41. The maximum absolute atomic E-state index is 8.67. The lowest BCUT2D eigenvalue weighted by molar-refractivity contribution is 0.880.